The molecular weight excluding hydrogens is 326 g/mol. The van der Waals surface area contributed by atoms with E-state index in [1.807, 2.05) is 0 Å². The molecule has 0 saturated carbocycles. The number of piperidine rings is 1. The first kappa shape index (κ1) is 17.4. The van der Waals surface area contributed by atoms with E-state index >= 15 is 0 Å². The molecule has 1 amide bonds. The second-order valence-corrected chi connectivity index (χ2v) is 8.55. The lowest BCUT2D eigenvalue weighted by molar-refractivity contribution is -0.116. The Hall–Kier alpha value is -1.44. The third-order valence-corrected chi connectivity index (χ3v) is 7.07. The summed E-state index contributed by atoms with van der Waals surface area (Å²) in [5, 5.41) is 2.79. The summed E-state index contributed by atoms with van der Waals surface area (Å²) in [6, 6.07) is 5.06. The number of hydrogen-bond donors (Lipinski definition) is 1. The largest absolute Gasteiger partial charge is 0.326 e. The van der Waals surface area contributed by atoms with Crippen molar-refractivity contribution in [1.29, 1.82) is 0 Å². The number of sulfonamides is 1. The maximum atomic E-state index is 13.0. The zero-order valence-electron chi connectivity index (χ0n) is 14.3. The van der Waals surface area contributed by atoms with Crippen molar-refractivity contribution in [3.05, 3.63) is 23.8 Å². The number of hydrogen-bond acceptors (Lipinski definition) is 4. The van der Waals surface area contributed by atoms with Crippen LogP contribution >= 0.6 is 0 Å². The number of carbonyl (C=O) groups excluding carboxylic acids is 1. The molecule has 1 aromatic carbocycles. The molecule has 0 atom stereocenters. The van der Waals surface area contributed by atoms with E-state index < -0.39 is 10.0 Å². The van der Waals surface area contributed by atoms with Gasteiger partial charge in [-0.3, -0.25) is 4.79 Å². The number of anilines is 1. The summed E-state index contributed by atoms with van der Waals surface area (Å²) in [5.74, 6) is -0.0158. The first-order valence-electron chi connectivity index (χ1n) is 8.55. The number of fused-ring (bicyclic) bond motifs is 1. The van der Waals surface area contributed by atoms with Gasteiger partial charge in [-0.2, -0.15) is 4.31 Å². The maximum Gasteiger partial charge on any atom is 0.243 e. The Bertz CT molecular complexity index is 725. The second-order valence-electron chi connectivity index (χ2n) is 6.55. The topological polar surface area (TPSA) is 69.7 Å². The van der Waals surface area contributed by atoms with E-state index in [-0.39, 0.29) is 11.9 Å². The Morgan fingerprint density at radius 2 is 1.96 bits per heavy atom. The van der Waals surface area contributed by atoms with Crippen LogP contribution in [0, 0.1) is 0 Å². The van der Waals surface area contributed by atoms with Gasteiger partial charge < -0.3 is 10.2 Å². The number of benzene rings is 1. The molecule has 0 aromatic heterocycles. The fourth-order valence-electron chi connectivity index (χ4n) is 3.48. The van der Waals surface area contributed by atoms with Gasteiger partial charge in [0.1, 0.15) is 0 Å². The Morgan fingerprint density at radius 3 is 2.62 bits per heavy atom. The number of amides is 1. The highest BCUT2D eigenvalue weighted by Crippen LogP contribution is 2.28. The van der Waals surface area contributed by atoms with E-state index in [0.717, 1.165) is 43.7 Å². The lowest BCUT2D eigenvalue weighted by atomic mass is 10.0. The van der Waals surface area contributed by atoms with Crippen LogP contribution in [-0.2, 0) is 21.2 Å². The summed E-state index contributed by atoms with van der Waals surface area (Å²) in [7, 11) is -1.82. The molecule has 24 heavy (non-hydrogen) atoms. The molecule has 0 aliphatic carbocycles. The van der Waals surface area contributed by atoms with Crippen LogP contribution in [-0.4, -0.2) is 56.3 Å². The molecule has 1 saturated heterocycles. The fraction of sp³-hybridized carbons (Fsp3) is 0.588. The normalized spacial score (nSPS) is 20.0. The fourth-order valence-corrected chi connectivity index (χ4v) is 4.95. The van der Waals surface area contributed by atoms with Gasteiger partial charge >= 0.3 is 0 Å². The van der Waals surface area contributed by atoms with Crippen LogP contribution in [0.25, 0.3) is 0 Å². The van der Waals surface area contributed by atoms with E-state index in [4.69, 9.17) is 0 Å². The predicted molar refractivity (Wildman–Crippen MR) is 93.5 cm³/mol. The lowest BCUT2D eigenvalue weighted by Crippen LogP contribution is -2.45. The number of aryl methyl sites for hydroxylation is 1. The van der Waals surface area contributed by atoms with Gasteiger partial charge in [-0.25, -0.2) is 8.42 Å². The summed E-state index contributed by atoms with van der Waals surface area (Å²) in [4.78, 5) is 14.1. The van der Waals surface area contributed by atoms with E-state index in [1.165, 1.54) is 4.31 Å². The monoisotopic (exact) mass is 351 g/mol. The quantitative estimate of drug-likeness (QED) is 0.896. The van der Waals surface area contributed by atoms with Crippen molar-refractivity contribution in [2.45, 2.75) is 43.5 Å². The molecule has 1 fully saturated rings. The zero-order valence-corrected chi connectivity index (χ0v) is 15.1. The zero-order chi connectivity index (χ0) is 17.3. The Labute approximate surface area is 143 Å². The van der Waals surface area contributed by atoms with Crippen LogP contribution in [0.2, 0.25) is 0 Å². The minimum Gasteiger partial charge on any atom is -0.326 e. The van der Waals surface area contributed by atoms with Gasteiger partial charge in [0.25, 0.3) is 0 Å². The van der Waals surface area contributed by atoms with Gasteiger partial charge in [0.2, 0.25) is 15.9 Å². The maximum absolute atomic E-state index is 13.0. The van der Waals surface area contributed by atoms with Gasteiger partial charge in [0, 0.05) is 25.2 Å². The van der Waals surface area contributed by atoms with Crippen molar-refractivity contribution in [1.82, 2.24) is 9.21 Å². The first-order chi connectivity index (χ1) is 11.4. The van der Waals surface area contributed by atoms with Crippen molar-refractivity contribution < 1.29 is 13.2 Å². The Kier molecular flexibility index (Phi) is 4.94. The van der Waals surface area contributed by atoms with E-state index in [0.29, 0.717) is 17.7 Å². The minimum absolute atomic E-state index is 0.0158. The SMILES string of the molecule is CCN1CCC(N(C)S(=O)(=O)c2ccc3c(c2)CCC(=O)N3)CC1. The highest BCUT2D eigenvalue weighted by Gasteiger charge is 2.31. The molecular formula is C17H25N3O3S. The predicted octanol–water partition coefficient (Wildman–Crippen LogP) is 1.68. The number of rotatable bonds is 4. The second kappa shape index (κ2) is 6.82. The summed E-state index contributed by atoms with van der Waals surface area (Å²) < 4.78 is 27.4. The van der Waals surface area contributed by atoms with Crippen molar-refractivity contribution in [3.8, 4) is 0 Å². The standard InChI is InChI=1S/C17H25N3O3S/c1-3-20-10-8-14(9-11-20)19(2)24(22,23)15-5-6-16-13(12-15)4-7-17(21)18-16/h5-6,12,14H,3-4,7-11H2,1-2H3,(H,18,21). The van der Waals surface area contributed by atoms with Crippen molar-refractivity contribution in [3.63, 3.8) is 0 Å². The number of carbonyl (C=O) groups is 1. The van der Waals surface area contributed by atoms with Crippen LogP contribution in [0.4, 0.5) is 5.69 Å². The molecule has 1 aromatic rings. The van der Waals surface area contributed by atoms with Gasteiger partial charge in [-0.05, 0) is 62.7 Å². The summed E-state index contributed by atoms with van der Waals surface area (Å²) in [6.45, 7) is 5.03. The lowest BCUT2D eigenvalue weighted by Gasteiger charge is -2.35. The highest BCUT2D eigenvalue weighted by molar-refractivity contribution is 7.89. The van der Waals surface area contributed by atoms with Crippen molar-refractivity contribution >= 4 is 21.6 Å². The van der Waals surface area contributed by atoms with Gasteiger partial charge in [-0.1, -0.05) is 6.92 Å². The van der Waals surface area contributed by atoms with Crippen LogP contribution in [0.5, 0.6) is 0 Å². The molecule has 132 valence electrons. The van der Waals surface area contributed by atoms with Crippen LogP contribution in [0.3, 0.4) is 0 Å². The van der Waals surface area contributed by atoms with Gasteiger partial charge in [-0.15, -0.1) is 0 Å². The average molecular weight is 351 g/mol. The molecule has 3 rings (SSSR count). The average Bonchev–Trinajstić information content (AvgIpc) is 2.60. The van der Waals surface area contributed by atoms with Gasteiger partial charge in [0.15, 0.2) is 0 Å². The van der Waals surface area contributed by atoms with E-state index in [1.54, 1.807) is 25.2 Å². The molecule has 2 aliphatic heterocycles. The molecule has 0 radical (unpaired) electrons. The van der Waals surface area contributed by atoms with Crippen LogP contribution < -0.4 is 5.32 Å². The minimum atomic E-state index is -3.51. The molecule has 0 bridgehead atoms. The van der Waals surface area contributed by atoms with Crippen LogP contribution in [0.15, 0.2) is 23.1 Å². The number of nitrogens with zero attached hydrogens (tertiary/aromatic N) is 2. The Balaban J connectivity index is 1.79. The number of likely N-dealkylation sites (tertiary alicyclic amines) is 1. The Morgan fingerprint density at radius 1 is 1.25 bits per heavy atom. The summed E-state index contributed by atoms with van der Waals surface area (Å²) in [5.41, 5.74) is 1.62. The van der Waals surface area contributed by atoms with Crippen molar-refractivity contribution in [2.24, 2.45) is 0 Å². The molecule has 0 unspecified atom stereocenters. The van der Waals surface area contributed by atoms with E-state index in [9.17, 15) is 13.2 Å². The van der Waals surface area contributed by atoms with Gasteiger partial charge in [0.05, 0.1) is 4.90 Å². The smallest absolute Gasteiger partial charge is 0.243 e. The molecule has 6 nitrogen and oxygen atoms in total. The third-order valence-electron chi connectivity index (χ3n) is 5.17. The molecule has 2 heterocycles. The summed E-state index contributed by atoms with van der Waals surface area (Å²) >= 11 is 0. The van der Waals surface area contributed by atoms with E-state index in [2.05, 4.69) is 17.1 Å². The molecule has 2 aliphatic rings. The molecule has 0 spiro atoms. The molecule has 1 N–H and O–H groups in total. The number of nitrogens with one attached hydrogen (secondary N) is 1. The third kappa shape index (κ3) is 3.34. The molecule has 7 heteroatoms. The van der Waals surface area contributed by atoms with Crippen molar-refractivity contribution in [2.75, 3.05) is 32.0 Å². The van der Waals surface area contributed by atoms with Crippen LogP contribution in [0.1, 0.15) is 31.7 Å². The first-order valence-corrected chi connectivity index (χ1v) is 9.99. The summed E-state index contributed by atoms with van der Waals surface area (Å²) in [6.07, 6.45) is 2.72. The highest BCUT2D eigenvalue weighted by atomic mass is 32.2.